The SMILES string of the molecule is C#CCOc1c(Cl)cc(/C=C(\C#N)C(=O)Nc2ccc(O)cc2)cc1OCC. The number of phenolic OH excluding ortho intramolecular Hbond substituents is 1. The van der Waals surface area contributed by atoms with Gasteiger partial charge in [0.05, 0.1) is 11.6 Å². The molecule has 0 aromatic heterocycles. The van der Waals surface area contributed by atoms with Crippen molar-refractivity contribution in [3.63, 3.8) is 0 Å². The van der Waals surface area contributed by atoms with E-state index in [0.29, 0.717) is 29.4 Å². The second-order valence-corrected chi connectivity index (χ2v) is 5.83. The van der Waals surface area contributed by atoms with E-state index < -0.39 is 5.91 Å². The van der Waals surface area contributed by atoms with Crippen molar-refractivity contribution in [3.8, 4) is 35.7 Å². The summed E-state index contributed by atoms with van der Waals surface area (Å²) >= 11 is 6.25. The summed E-state index contributed by atoms with van der Waals surface area (Å²) in [5.74, 6) is 2.47. The summed E-state index contributed by atoms with van der Waals surface area (Å²) in [5.41, 5.74) is 0.790. The van der Waals surface area contributed by atoms with E-state index in [1.54, 1.807) is 19.1 Å². The van der Waals surface area contributed by atoms with Crippen molar-refractivity contribution >= 4 is 29.3 Å². The number of phenols is 1. The van der Waals surface area contributed by atoms with Crippen LogP contribution in [0, 0.1) is 23.7 Å². The molecule has 28 heavy (non-hydrogen) atoms. The van der Waals surface area contributed by atoms with Gasteiger partial charge in [0.15, 0.2) is 11.5 Å². The number of benzene rings is 2. The molecule has 0 atom stereocenters. The Kier molecular flexibility index (Phi) is 7.33. The highest BCUT2D eigenvalue weighted by Crippen LogP contribution is 2.37. The maximum Gasteiger partial charge on any atom is 0.266 e. The zero-order valence-electron chi connectivity index (χ0n) is 15.0. The van der Waals surface area contributed by atoms with E-state index in [1.165, 1.54) is 30.3 Å². The number of halogens is 1. The maximum atomic E-state index is 12.4. The molecule has 7 heteroatoms. The third-order valence-electron chi connectivity index (χ3n) is 3.43. The van der Waals surface area contributed by atoms with E-state index in [0.717, 1.165) is 0 Å². The van der Waals surface area contributed by atoms with Gasteiger partial charge in [0.25, 0.3) is 5.91 Å². The molecular formula is C21H17ClN2O4. The predicted molar refractivity (Wildman–Crippen MR) is 107 cm³/mol. The highest BCUT2D eigenvalue weighted by Gasteiger charge is 2.14. The zero-order valence-corrected chi connectivity index (χ0v) is 15.8. The third-order valence-corrected chi connectivity index (χ3v) is 3.71. The van der Waals surface area contributed by atoms with Gasteiger partial charge in [-0.1, -0.05) is 17.5 Å². The van der Waals surface area contributed by atoms with Crippen LogP contribution >= 0.6 is 11.6 Å². The quantitative estimate of drug-likeness (QED) is 0.319. The molecule has 0 aliphatic rings. The highest BCUT2D eigenvalue weighted by molar-refractivity contribution is 6.32. The highest BCUT2D eigenvalue weighted by atomic mass is 35.5. The number of aromatic hydroxyl groups is 1. The molecule has 2 aromatic rings. The maximum absolute atomic E-state index is 12.4. The largest absolute Gasteiger partial charge is 0.508 e. The number of anilines is 1. The summed E-state index contributed by atoms with van der Waals surface area (Å²) in [6.07, 6.45) is 6.59. The molecule has 142 valence electrons. The summed E-state index contributed by atoms with van der Waals surface area (Å²) < 4.78 is 10.9. The number of nitrogens with one attached hydrogen (secondary N) is 1. The second kappa shape index (κ2) is 9.91. The fraction of sp³-hybridized carbons (Fsp3) is 0.143. The molecule has 0 spiro atoms. The van der Waals surface area contributed by atoms with Crippen molar-refractivity contribution in [2.75, 3.05) is 18.5 Å². The van der Waals surface area contributed by atoms with Gasteiger partial charge in [0.1, 0.15) is 24.0 Å². The Balaban J connectivity index is 2.32. The minimum absolute atomic E-state index is 0.0213. The first-order valence-electron chi connectivity index (χ1n) is 8.23. The predicted octanol–water partition coefficient (Wildman–Crippen LogP) is 4.00. The molecule has 1 amide bonds. The number of carbonyl (C=O) groups excluding carboxylic acids is 1. The van der Waals surface area contributed by atoms with Crippen LogP contribution in [0.25, 0.3) is 6.08 Å². The second-order valence-electron chi connectivity index (χ2n) is 5.43. The summed E-state index contributed by atoms with van der Waals surface area (Å²) in [4.78, 5) is 12.4. The van der Waals surface area contributed by atoms with Gasteiger partial charge in [-0.25, -0.2) is 0 Å². The Morgan fingerprint density at radius 3 is 2.64 bits per heavy atom. The van der Waals surface area contributed by atoms with Gasteiger partial charge in [0, 0.05) is 5.69 Å². The number of amides is 1. The first-order valence-corrected chi connectivity index (χ1v) is 8.61. The summed E-state index contributed by atoms with van der Waals surface area (Å²) in [7, 11) is 0. The van der Waals surface area contributed by atoms with Crippen molar-refractivity contribution in [3.05, 3.63) is 52.6 Å². The van der Waals surface area contributed by atoms with Crippen molar-refractivity contribution in [1.82, 2.24) is 0 Å². The number of hydrogen-bond acceptors (Lipinski definition) is 5. The minimum Gasteiger partial charge on any atom is -0.508 e. The molecule has 0 fully saturated rings. The van der Waals surface area contributed by atoms with E-state index in [1.807, 2.05) is 6.07 Å². The lowest BCUT2D eigenvalue weighted by molar-refractivity contribution is -0.112. The van der Waals surface area contributed by atoms with Crippen molar-refractivity contribution in [1.29, 1.82) is 5.26 Å². The number of ether oxygens (including phenoxy) is 2. The Bertz CT molecular complexity index is 970. The van der Waals surface area contributed by atoms with Crippen LogP contribution in [0.5, 0.6) is 17.2 Å². The Hall–Kier alpha value is -3.61. The third kappa shape index (κ3) is 5.44. The number of nitriles is 1. The van der Waals surface area contributed by atoms with Gasteiger partial charge in [-0.3, -0.25) is 4.79 Å². The molecule has 0 heterocycles. The molecule has 0 unspecified atom stereocenters. The van der Waals surface area contributed by atoms with Crippen LogP contribution in [0.3, 0.4) is 0 Å². The standard InChI is InChI=1S/C21H17ClN2O4/c1-3-9-28-20-18(22)11-14(12-19(20)27-4-2)10-15(13-23)21(26)24-16-5-7-17(25)8-6-16/h1,5-8,10-12,25H,4,9H2,2H3,(H,24,26)/b15-10+. The summed E-state index contributed by atoms with van der Waals surface area (Å²) in [6.45, 7) is 2.18. The summed E-state index contributed by atoms with van der Waals surface area (Å²) in [5, 5.41) is 21.5. The fourth-order valence-electron chi connectivity index (χ4n) is 2.25. The molecule has 2 aromatic carbocycles. The van der Waals surface area contributed by atoms with Gasteiger partial charge in [-0.15, -0.1) is 6.42 Å². The molecule has 0 bridgehead atoms. The van der Waals surface area contributed by atoms with Crippen molar-refractivity contribution in [2.45, 2.75) is 6.92 Å². The van der Waals surface area contributed by atoms with Gasteiger partial charge < -0.3 is 19.9 Å². The van der Waals surface area contributed by atoms with Crippen LogP contribution in [-0.2, 0) is 4.79 Å². The van der Waals surface area contributed by atoms with E-state index in [9.17, 15) is 15.2 Å². The number of carbonyl (C=O) groups is 1. The van der Waals surface area contributed by atoms with Gasteiger partial charge in [-0.05, 0) is 55.0 Å². The van der Waals surface area contributed by atoms with Crippen molar-refractivity contribution < 1.29 is 19.4 Å². The average molecular weight is 397 g/mol. The molecule has 0 saturated carbocycles. The monoisotopic (exact) mass is 396 g/mol. The fourth-order valence-corrected chi connectivity index (χ4v) is 2.52. The normalized spacial score (nSPS) is 10.5. The first kappa shape index (κ1) is 20.7. The summed E-state index contributed by atoms with van der Waals surface area (Å²) in [6, 6.07) is 10.9. The number of nitrogens with zero attached hydrogens (tertiary/aromatic N) is 1. The number of rotatable bonds is 7. The molecule has 6 nitrogen and oxygen atoms in total. The lowest BCUT2D eigenvalue weighted by Crippen LogP contribution is -2.13. The Morgan fingerprint density at radius 1 is 1.32 bits per heavy atom. The molecular weight excluding hydrogens is 380 g/mol. The Labute approximate surface area is 168 Å². The number of hydrogen-bond donors (Lipinski definition) is 2. The van der Waals surface area contributed by atoms with E-state index in [4.69, 9.17) is 27.5 Å². The van der Waals surface area contributed by atoms with Crippen LogP contribution in [0.4, 0.5) is 5.69 Å². The smallest absolute Gasteiger partial charge is 0.266 e. The van der Waals surface area contributed by atoms with Crippen LogP contribution in [-0.4, -0.2) is 24.2 Å². The zero-order chi connectivity index (χ0) is 20.5. The van der Waals surface area contributed by atoms with Crippen LogP contribution in [0.1, 0.15) is 12.5 Å². The van der Waals surface area contributed by atoms with Crippen LogP contribution < -0.4 is 14.8 Å². The molecule has 0 aliphatic carbocycles. The topological polar surface area (TPSA) is 91.6 Å². The van der Waals surface area contributed by atoms with E-state index >= 15 is 0 Å². The van der Waals surface area contributed by atoms with Crippen LogP contribution in [0.2, 0.25) is 5.02 Å². The lowest BCUT2D eigenvalue weighted by Gasteiger charge is -2.13. The molecule has 2 N–H and O–H groups in total. The average Bonchev–Trinajstić information content (AvgIpc) is 2.67. The lowest BCUT2D eigenvalue weighted by atomic mass is 10.1. The van der Waals surface area contributed by atoms with Gasteiger partial charge >= 0.3 is 0 Å². The van der Waals surface area contributed by atoms with Crippen molar-refractivity contribution in [2.24, 2.45) is 0 Å². The molecule has 0 aliphatic heterocycles. The van der Waals surface area contributed by atoms with E-state index in [2.05, 4.69) is 11.2 Å². The van der Waals surface area contributed by atoms with Gasteiger partial charge in [0.2, 0.25) is 0 Å². The first-order chi connectivity index (χ1) is 13.5. The minimum atomic E-state index is -0.602. The van der Waals surface area contributed by atoms with E-state index in [-0.39, 0.29) is 23.0 Å². The Morgan fingerprint density at radius 2 is 2.04 bits per heavy atom. The molecule has 0 radical (unpaired) electrons. The van der Waals surface area contributed by atoms with Crippen LogP contribution in [0.15, 0.2) is 42.0 Å². The molecule has 0 saturated heterocycles. The van der Waals surface area contributed by atoms with Gasteiger partial charge in [-0.2, -0.15) is 5.26 Å². The molecule has 2 rings (SSSR count). The number of terminal acetylenes is 1.